The van der Waals surface area contributed by atoms with E-state index in [1.54, 1.807) is 11.9 Å². The number of likely N-dealkylation sites (N-methyl/N-ethyl adjacent to an activating group) is 1. The first-order valence-corrected chi connectivity index (χ1v) is 11.1. The van der Waals surface area contributed by atoms with Gasteiger partial charge in [0.05, 0.1) is 23.8 Å². The van der Waals surface area contributed by atoms with Crippen molar-refractivity contribution in [3.8, 4) is 0 Å². The van der Waals surface area contributed by atoms with Gasteiger partial charge in [-0.3, -0.25) is 9.69 Å². The van der Waals surface area contributed by atoms with E-state index in [1.807, 2.05) is 18.2 Å². The van der Waals surface area contributed by atoms with Crippen molar-refractivity contribution in [1.29, 1.82) is 0 Å². The van der Waals surface area contributed by atoms with Crippen molar-refractivity contribution in [3.63, 3.8) is 0 Å². The molecule has 0 radical (unpaired) electrons. The normalized spacial score (nSPS) is 20.2. The van der Waals surface area contributed by atoms with Crippen LogP contribution in [-0.4, -0.2) is 53.9 Å². The van der Waals surface area contributed by atoms with Gasteiger partial charge in [-0.05, 0) is 74.5 Å². The van der Waals surface area contributed by atoms with E-state index in [2.05, 4.69) is 54.6 Å². The number of aromatic nitrogens is 1. The van der Waals surface area contributed by atoms with Gasteiger partial charge in [0.1, 0.15) is 0 Å². The third-order valence-corrected chi connectivity index (χ3v) is 6.44. The molecule has 2 aliphatic heterocycles. The molecule has 1 amide bonds. The third kappa shape index (κ3) is 4.32. The number of carbonyl (C=O) groups excluding carboxylic acids is 1. The van der Waals surface area contributed by atoms with Crippen LogP contribution in [0.5, 0.6) is 0 Å². The average molecular weight is 425 g/mol. The van der Waals surface area contributed by atoms with E-state index in [0.717, 1.165) is 37.6 Å². The van der Waals surface area contributed by atoms with Crippen LogP contribution < -0.4 is 4.90 Å². The molecule has 30 heavy (non-hydrogen) atoms. The zero-order valence-corrected chi connectivity index (χ0v) is 18.8. The molecule has 0 N–H and O–H groups in total. The topological polar surface area (TPSA) is 50.1 Å². The smallest absolute Gasteiger partial charge is 0.266 e. The molecule has 0 aliphatic carbocycles. The van der Waals surface area contributed by atoms with Crippen molar-refractivity contribution in [3.05, 3.63) is 52.7 Å². The molecule has 2 aromatic rings. The van der Waals surface area contributed by atoms with Gasteiger partial charge in [0.2, 0.25) is 0 Å². The van der Waals surface area contributed by atoms with Crippen LogP contribution in [-0.2, 0) is 9.53 Å². The molecule has 7 heteroatoms. The summed E-state index contributed by atoms with van der Waals surface area (Å²) >= 11 is 1.42. The lowest BCUT2D eigenvalue weighted by molar-refractivity contribution is -0.121. The maximum Gasteiger partial charge on any atom is 0.266 e. The Hall–Kier alpha value is -2.51. The van der Waals surface area contributed by atoms with Crippen LogP contribution >= 0.6 is 11.8 Å². The van der Waals surface area contributed by atoms with Crippen LogP contribution in [0.3, 0.4) is 0 Å². The van der Waals surface area contributed by atoms with Gasteiger partial charge in [0.25, 0.3) is 5.91 Å². The second-order valence-corrected chi connectivity index (χ2v) is 8.91. The number of anilines is 1. The predicted octanol–water partition coefficient (Wildman–Crippen LogP) is 4.45. The molecule has 1 aromatic heterocycles. The van der Waals surface area contributed by atoms with Crippen LogP contribution in [0.15, 0.2) is 46.4 Å². The number of amides is 1. The van der Waals surface area contributed by atoms with Crippen molar-refractivity contribution in [2.75, 3.05) is 38.3 Å². The highest BCUT2D eigenvalue weighted by atomic mass is 32.2. The third-order valence-electron chi connectivity index (χ3n) is 5.38. The Morgan fingerprint density at radius 3 is 2.50 bits per heavy atom. The largest absolute Gasteiger partial charge is 0.378 e. The molecular weight excluding hydrogens is 396 g/mol. The van der Waals surface area contributed by atoms with Gasteiger partial charge < -0.3 is 14.2 Å². The summed E-state index contributed by atoms with van der Waals surface area (Å²) in [5.74, 6) is -0.0152. The molecule has 0 atom stereocenters. The lowest BCUT2D eigenvalue weighted by Gasteiger charge is -2.28. The Bertz CT molecular complexity index is 985. The number of aliphatic imine (C=N–C) groups is 1. The fourth-order valence-corrected chi connectivity index (χ4v) is 4.71. The number of benzene rings is 1. The first-order valence-electron chi connectivity index (χ1n) is 10.3. The SMILES string of the molecule is Cc1cc(/C=C2/SC(=Nc3ccc(N4CCOCC4)cc3)N(C)C2=O)cn1C(C)C. The quantitative estimate of drug-likeness (QED) is 0.681. The van der Waals surface area contributed by atoms with Crippen molar-refractivity contribution in [2.24, 2.45) is 4.99 Å². The summed E-state index contributed by atoms with van der Waals surface area (Å²) in [7, 11) is 1.78. The highest BCUT2D eigenvalue weighted by molar-refractivity contribution is 8.18. The second-order valence-electron chi connectivity index (χ2n) is 7.90. The highest BCUT2D eigenvalue weighted by Gasteiger charge is 2.30. The Morgan fingerprint density at radius 2 is 1.87 bits per heavy atom. The molecule has 0 unspecified atom stereocenters. The van der Waals surface area contributed by atoms with E-state index in [4.69, 9.17) is 9.73 Å². The van der Waals surface area contributed by atoms with E-state index in [9.17, 15) is 4.79 Å². The second kappa shape index (κ2) is 8.70. The van der Waals surface area contributed by atoms with E-state index in [0.29, 0.717) is 16.1 Å². The molecule has 2 saturated heterocycles. The van der Waals surface area contributed by atoms with E-state index in [1.165, 1.54) is 23.1 Å². The minimum atomic E-state index is -0.0152. The number of hydrogen-bond donors (Lipinski definition) is 0. The fraction of sp³-hybridized carbons (Fsp3) is 0.391. The van der Waals surface area contributed by atoms with E-state index in [-0.39, 0.29) is 5.91 Å². The van der Waals surface area contributed by atoms with E-state index >= 15 is 0 Å². The molecule has 2 fully saturated rings. The van der Waals surface area contributed by atoms with Gasteiger partial charge in [-0.15, -0.1) is 0 Å². The minimum absolute atomic E-state index is 0.0152. The summed E-state index contributed by atoms with van der Waals surface area (Å²) in [5.41, 5.74) is 4.25. The Balaban J connectivity index is 1.52. The Morgan fingerprint density at radius 1 is 1.17 bits per heavy atom. The summed E-state index contributed by atoms with van der Waals surface area (Å²) in [4.78, 5) is 22.1. The number of ether oxygens (including phenoxy) is 1. The lowest BCUT2D eigenvalue weighted by atomic mass is 10.2. The van der Waals surface area contributed by atoms with Crippen LogP contribution in [0.25, 0.3) is 6.08 Å². The molecule has 3 heterocycles. The summed E-state index contributed by atoms with van der Waals surface area (Å²) in [5, 5.41) is 0.699. The molecule has 6 nitrogen and oxygen atoms in total. The van der Waals surface area contributed by atoms with Gasteiger partial charge in [-0.2, -0.15) is 0 Å². The lowest BCUT2D eigenvalue weighted by Crippen LogP contribution is -2.36. The zero-order chi connectivity index (χ0) is 21.3. The number of amidine groups is 1. The first kappa shape index (κ1) is 20.8. The molecule has 0 bridgehead atoms. The molecule has 2 aliphatic rings. The molecule has 4 rings (SSSR count). The summed E-state index contributed by atoms with van der Waals surface area (Å²) in [6, 6.07) is 10.7. The molecular formula is C23H28N4O2S. The fourth-order valence-electron chi connectivity index (χ4n) is 3.72. The number of hydrogen-bond acceptors (Lipinski definition) is 5. The average Bonchev–Trinajstić information content (AvgIpc) is 3.24. The number of rotatable bonds is 4. The number of carbonyl (C=O) groups is 1. The van der Waals surface area contributed by atoms with Crippen LogP contribution in [0.2, 0.25) is 0 Å². The maximum absolute atomic E-state index is 12.7. The minimum Gasteiger partial charge on any atom is -0.378 e. The molecule has 0 spiro atoms. The summed E-state index contributed by atoms with van der Waals surface area (Å²) < 4.78 is 7.63. The first-order chi connectivity index (χ1) is 14.4. The maximum atomic E-state index is 12.7. The van der Waals surface area contributed by atoms with Crippen LogP contribution in [0.4, 0.5) is 11.4 Å². The van der Waals surface area contributed by atoms with Gasteiger partial charge >= 0.3 is 0 Å². The number of morpholine rings is 1. The van der Waals surface area contributed by atoms with Crippen LogP contribution in [0, 0.1) is 6.92 Å². The zero-order valence-electron chi connectivity index (χ0n) is 18.0. The monoisotopic (exact) mass is 424 g/mol. The molecule has 0 saturated carbocycles. The van der Waals surface area contributed by atoms with Crippen molar-refractivity contribution in [1.82, 2.24) is 9.47 Å². The van der Waals surface area contributed by atoms with Crippen LogP contribution in [0.1, 0.15) is 31.1 Å². The predicted molar refractivity (Wildman–Crippen MR) is 124 cm³/mol. The van der Waals surface area contributed by atoms with Gasteiger partial charge in [-0.1, -0.05) is 0 Å². The van der Waals surface area contributed by atoms with E-state index < -0.39 is 0 Å². The molecule has 158 valence electrons. The number of aryl methyl sites for hydroxylation is 1. The molecule has 1 aromatic carbocycles. The number of thioether (sulfide) groups is 1. The number of nitrogens with zero attached hydrogens (tertiary/aromatic N) is 4. The van der Waals surface area contributed by atoms with Gasteiger partial charge in [-0.25, -0.2) is 4.99 Å². The van der Waals surface area contributed by atoms with Crippen molar-refractivity contribution in [2.45, 2.75) is 26.8 Å². The summed E-state index contributed by atoms with van der Waals surface area (Å²) in [6.07, 6.45) is 4.06. The van der Waals surface area contributed by atoms with Gasteiger partial charge in [0, 0.05) is 43.8 Å². The Labute approximate surface area is 182 Å². The Kier molecular flexibility index (Phi) is 6.01. The standard InChI is InChI=1S/C23H28N4O2S/c1-16(2)27-15-18(13-17(27)3)14-21-22(28)25(4)23(30-21)24-19-5-7-20(8-6-19)26-9-11-29-12-10-26/h5-8,13-16H,9-12H2,1-4H3/b21-14+,24-23?. The van der Waals surface area contributed by atoms with Crippen molar-refractivity contribution >= 4 is 40.3 Å². The summed E-state index contributed by atoms with van der Waals surface area (Å²) in [6.45, 7) is 9.75. The van der Waals surface area contributed by atoms with Crippen molar-refractivity contribution < 1.29 is 9.53 Å². The highest BCUT2D eigenvalue weighted by Crippen LogP contribution is 2.34. The van der Waals surface area contributed by atoms with Gasteiger partial charge in [0.15, 0.2) is 5.17 Å².